The molecule has 1 unspecified atom stereocenters. The van der Waals surface area contributed by atoms with Crippen molar-refractivity contribution in [2.24, 2.45) is 0 Å². The smallest absolute Gasteiger partial charge is 0.395 e. The maximum Gasteiger partial charge on any atom is 0.395 e. The van der Waals surface area contributed by atoms with E-state index in [4.69, 9.17) is 4.74 Å². The van der Waals surface area contributed by atoms with Gasteiger partial charge in [0.1, 0.15) is 5.75 Å². The standard InChI is InChI=1S/C11H13F3O/c1-3-15-10-6-4-9(5-7-10)8(2)11(12,13)14/h4-8H,3H2,1-2H3. The Labute approximate surface area is 86.9 Å². The topological polar surface area (TPSA) is 9.23 Å². The summed E-state index contributed by atoms with van der Waals surface area (Å²) in [5.74, 6) is -0.844. The van der Waals surface area contributed by atoms with Gasteiger partial charge in [-0.1, -0.05) is 12.1 Å². The molecule has 0 fully saturated rings. The molecular formula is C11H13F3O. The van der Waals surface area contributed by atoms with Crippen LogP contribution in [0.15, 0.2) is 24.3 Å². The van der Waals surface area contributed by atoms with Crippen molar-refractivity contribution < 1.29 is 17.9 Å². The van der Waals surface area contributed by atoms with Crippen LogP contribution in [0.3, 0.4) is 0 Å². The molecule has 1 aromatic rings. The normalized spacial score (nSPS) is 13.7. The fourth-order valence-electron chi connectivity index (χ4n) is 1.21. The van der Waals surface area contributed by atoms with Crippen LogP contribution in [0.1, 0.15) is 25.3 Å². The summed E-state index contributed by atoms with van der Waals surface area (Å²) in [6.45, 7) is 3.48. The van der Waals surface area contributed by atoms with Gasteiger partial charge >= 0.3 is 6.18 Å². The molecule has 1 nitrogen and oxygen atoms in total. The van der Waals surface area contributed by atoms with Crippen molar-refractivity contribution >= 4 is 0 Å². The molecule has 15 heavy (non-hydrogen) atoms. The van der Waals surface area contributed by atoms with Crippen LogP contribution < -0.4 is 4.74 Å². The van der Waals surface area contributed by atoms with E-state index in [1.807, 2.05) is 6.92 Å². The van der Waals surface area contributed by atoms with E-state index < -0.39 is 12.1 Å². The Bertz CT molecular complexity index is 303. The largest absolute Gasteiger partial charge is 0.494 e. The van der Waals surface area contributed by atoms with Gasteiger partial charge < -0.3 is 4.74 Å². The van der Waals surface area contributed by atoms with Gasteiger partial charge in [-0.3, -0.25) is 0 Å². The summed E-state index contributed by atoms with van der Waals surface area (Å²) in [5, 5.41) is 0. The Morgan fingerprint density at radius 3 is 2.13 bits per heavy atom. The van der Waals surface area contributed by atoms with Crippen molar-refractivity contribution in [3.05, 3.63) is 29.8 Å². The van der Waals surface area contributed by atoms with E-state index in [1.165, 1.54) is 12.1 Å². The summed E-state index contributed by atoms with van der Waals surface area (Å²) in [7, 11) is 0. The predicted octanol–water partition coefficient (Wildman–Crippen LogP) is 3.75. The predicted molar refractivity (Wildman–Crippen MR) is 52.1 cm³/mol. The summed E-state index contributed by atoms with van der Waals surface area (Å²) in [4.78, 5) is 0. The number of rotatable bonds is 3. The fraction of sp³-hybridized carbons (Fsp3) is 0.455. The molecule has 0 aromatic heterocycles. The first-order valence-electron chi connectivity index (χ1n) is 4.74. The average molecular weight is 218 g/mol. The molecule has 4 heteroatoms. The van der Waals surface area contributed by atoms with E-state index in [0.29, 0.717) is 12.4 Å². The van der Waals surface area contributed by atoms with Crippen LogP contribution >= 0.6 is 0 Å². The second kappa shape index (κ2) is 4.55. The van der Waals surface area contributed by atoms with Crippen molar-refractivity contribution in [3.8, 4) is 5.75 Å². The summed E-state index contributed by atoms with van der Waals surface area (Å²) >= 11 is 0. The van der Waals surface area contributed by atoms with E-state index in [9.17, 15) is 13.2 Å². The number of alkyl halides is 3. The lowest BCUT2D eigenvalue weighted by Gasteiger charge is -2.16. The highest BCUT2D eigenvalue weighted by Crippen LogP contribution is 2.34. The molecule has 0 aliphatic heterocycles. The number of halogens is 3. The molecular weight excluding hydrogens is 205 g/mol. The summed E-state index contributed by atoms with van der Waals surface area (Å²) in [5.41, 5.74) is 0.256. The third-order valence-corrected chi connectivity index (χ3v) is 2.18. The first-order chi connectivity index (χ1) is 6.95. The highest BCUT2D eigenvalue weighted by molar-refractivity contribution is 5.29. The highest BCUT2D eigenvalue weighted by atomic mass is 19.4. The molecule has 0 N–H and O–H groups in total. The van der Waals surface area contributed by atoms with Crippen LogP contribution in [0.5, 0.6) is 5.75 Å². The van der Waals surface area contributed by atoms with Gasteiger partial charge in [-0.05, 0) is 31.5 Å². The Kier molecular flexibility index (Phi) is 3.61. The number of benzene rings is 1. The molecule has 1 aromatic carbocycles. The van der Waals surface area contributed by atoms with E-state index in [2.05, 4.69) is 0 Å². The molecule has 84 valence electrons. The molecule has 0 amide bonds. The Hall–Kier alpha value is -1.19. The second-order valence-electron chi connectivity index (χ2n) is 3.27. The third-order valence-electron chi connectivity index (χ3n) is 2.18. The Morgan fingerprint density at radius 1 is 1.20 bits per heavy atom. The van der Waals surface area contributed by atoms with Crippen molar-refractivity contribution in [3.63, 3.8) is 0 Å². The maximum atomic E-state index is 12.4. The quantitative estimate of drug-likeness (QED) is 0.750. The lowest BCUT2D eigenvalue weighted by molar-refractivity contribution is -0.146. The van der Waals surface area contributed by atoms with E-state index in [0.717, 1.165) is 6.92 Å². The molecule has 1 atom stereocenters. The minimum Gasteiger partial charge on any atom is -0.494 e. The molecule has 0 aliphatic carbocycles. The van der Waals surface area contributed by atoms with Crippen molar-refractivity contribution in [1.82, 2.24) is 0 Å². The van der Waals surface area contributed by atoms with Crippen LogP contribution in [0.25, 0.3) is 0 Å². The van der Waals surface area contributed by atoms with E-state index in [1.54, 1.807) is 12.1 Å². The summed E-state index contributed by atoms with van der Waals surface area (Å²) in [6.07, 6.45) is -4.19. The molecule has 0 bridgehead atoms. The van der Waals surface area contributed by atoms with Gasteiger partial charge in [-0.15, -0.1) is 0 Å². The van der Waals surface area contributed by atoms with Gasteiger partial charge in [0.25, 0.3) is 0 Å². The zero-order valence-corrected chi connectivity index (χ0v) is 8.64. The van der Waals surface area contributed by atoms with Gasteiger partial charge in [0.15, 0.2) is 0 Å². The van der Waals surface area contributed by atoms with Crippen LogP contribution in [0.4, 0.5) is 13.2 Å². The number of hydrogen-bond donors (Lipinski definition) is 0. The van der Waals surface area contributed by atoms with Crippen molar-refractivity contribution in [1.29, 1.82) is 0 Å². The molecule has 1 rings (SSSR count). The highest BCUT2D eigenvalue weighted by Gasteiger charge is 2.36. The van der Waals surface area contributed by atoms with Crippen molar-refractivity contribution in [2.45, 2.75) is 25.9 Å². The minimum atomic E-state index is -4.19. The Balaban J connectivity index is 2.80. The van der Waals surface area contributed by atoms with E-state index in [-0.39, 0.29) is 5.56 Å². The van der Waals surface area contributed by atoms with Gasteiger partial charge in [-0.2, -0.15) is 13.2 Å². The van der Waals surface area contributed by atoms with Crippen LogP contribution in [-0.4, -0.2) is 12.8 Å². The fourth-order valence-corrected chi connectivity index (χ4v) is 1.21. The third kappa shape index (κ3) is 3.15. The minimum absolute atomic E-state index is 0.256. The van der Waals surface area contributed by atoms with Crippen LogP contribution in [0.2, 0.25) is 0 Å². The Morgan fingerprint density at radius 2 is 1.73 bits per heavy atom. The molecule has 0 spiro atoms. The zero-order chi connectivity index (χ0) is 11.5. The van der Waals surface area contributed by atoms with Crippen LogP contribution in [0, 0.1) is 0 Å². The number of ether oxygens (including phenoxy) is 1. The molecule has 0 saturated carbocycles. The summed E-state index contributed by atoms with van der Waals surface area (Å²) in [6, 6.07) is 6.01. The maximum absolute atomic E-state index is 12.4. The summed E-state index contributed by atoms with van der Waals surface area (Å²) < 4.78 is 42.2. The van der Waals surface area contributed by atoms with E-state index >= 15 is 0 Å². The monoisotopic (exact) mass is 218 g/mol. The second-order valence-corrected chi connectivity index (χ2v) is 3.27. The SMILES string of the molecule is CCOc1ccc(C(C)C(F)(F)F)cc1. The van der Waals surface area contributed by atoms with Gasteiger partial charge in [-0.25, -0.2) is 0 Å². The first kappa shape index (κ1) is 11.9. The van der Waals surface area contributed by atoms with Gasteiger partial charge in [0.05, 0.1) is 12.5 Å². The lowest BCUT2D eigenvalue weighted by atomic mass is 10.0. The van der Waals surface area contributed by atoms with Gasteiger partial charge in [0, 0.05) is 0 Å². The molecule has 0 radical (unpaired) electrons. The lowest BCUT2D eigenvalue weighted by Crippen LogP contribution is -2.17. The first-order valence-corrected chi connectivity index (χ1v) is 4.74. The molecule has 0 aliphatic rings. The molecule has 0 heterocycles. The van der Waals surface area contributed by atoms with Crippen LogP contribution in [-0.2, 0) is 0 Å². The average Bonchev–Trinajstić information content (AvgIpc) is 2.17. The zero-order valence-electron chi connectivity index (χ0n) is 8.64. The van der Waals surface area contributed by atoms with Gasteiger partial charge in [0.2, 0.25) is 0 Å². The number of hydrogen-bond acceptors (Lipinski definition) is 1. The van der Waals surface area contributed by atoms with Crippen molar-refractivity contribution in [2.75, 3.05) is 6.61 Å². The molecule has 0 saturated heterocycles.